The van der Waals surface area contributed by atoms with E-state index in [0.717, 1.165) is 16.9 Å². The molecule has 1 saturated heterocycles. The van der Waals surface area contributed by atoms with Crippen molar-refractivity contribution < 1.29 is 17.9 Å². The maximum Gasteiger partial charge on any atom is 0.243 e. The summed E-state index contributed by atoms with van der Waals surface area (Å²) in [6.45, 7) is 5.47. The molecule has 3 rings (SSSR count). The van der Waals surface area contributed by atoms with E-state index in [2.05, 4.69) is 5.32 Å². The van der Waals surface area contributed by atoms with Crippen LogP contribution in [0.5, 0.6) is 5.75 Å². The number of hydrogen-bond donors (Lipinski definition) is 1. The van der Waals surface area contributed by atoms with Crippen molar-refractivity contribution in [2.45, 2.75) is 38.1 Å². The number of piperidine rings is 1. The fourth-order valence-corrected chi connectivity index (χ4v) is 5.00. The molecule has 0 radical (unpaired) electrons. The van der Waals surface area contributed by atoms with Gasteiger partial charge in [0.2, 0.25) is 15.9 Å². The van der Waals surface area contributed by atoms with Crippen LogP contribution in [0.1, 0.15) is 30.9 Å². The predicted molar refractivity (Wildman–Crippen MR) is 112 cm³/mol. The van der Waals surface area contributed by atoms with Gasteiger partial charge in [-0.3, -0.25) is 4.79 Å². The van der Waals surface area contributed by atoms with E-state index >= 15 is 0 Å². The molecule has 1 amide bonds. The lowest BCUT2D eigenvalue weighted by Crippen LogP contribution is -2.45. The van der Waals surface area contributed by atoms with E-state index in [-0.39, 0.29) is 23.3 Å². The van der Waals surface area contributed by atoms with Gasteiger partial charge in [0.1, 0.15) is 5.75 Å². The van der Waals surface area contributed by atoms with Gasteiger partial charge in [-0.1, -0.05) is 29.8 Å². The minimum absolute atomic E-state index is 0.115. The Morgan fingerprint density at radius 1 is 1.21 bits per heavy atom. The van der Waals surface area contributed by atoms with Gasteiger partial charge in [0.05, 0.1) is 17.4 Å². The molecule has 0 saturated carbocycles. The van der Waals surface area contributed by atoms with E-state index in [1.807, 2.05) is 38.1 Å². The molecule has 0 bridgehead atoms. The van der Waals surface area contributed by atoms with Crippen molar-refractivity contribution in [1.82, 2.24) is 9.62 Å². The summed E-state index contributed by atoms with van der Waals surface area (Å²) < 4.78 is 32.8. The SMILES string of the molecule is CCOc1cccc(CNC(=O)[C@@H]2CCCN(S(=O)(=O)c3ccc(C)cc3)C2)c1. The van der Waals surface area contributed by atoms with Crippen molar-refractivity contribution in [3.63, 3.8) is 0 Å². The molecule has 1 heterocycles. The molecule has 1 atom stereocenters. The zero-order valence-electron chi connectivity index (χ0n) is 16.9. The number of hydrogen-bond acceptors (Lipinski definition) is 4. The van der Waals surface area contributed by atoms with Crippen molar-refractivity contribution in [3.05, 3.63) is 59.7 Å². The van der Waals surface area contributed by atoms with E-state index in [0.29, 0.717) is 32.5 Å². The van der Waals surface area contributed by atoms with E-state index in [1.54, 1.807) is 24.3 Å². The van der Waals surface area contributed by atoms with Crippen LogP contribution in [-0.4, -0.2) is 38.3 Å². The Hall–Kier alpha value is -2.38. The van der Waals surface area contributed by atoms with Gasteiger partial charge in [-0.25, -0.2) is 8.42 Å². The molecule has 29 heavy (non-hydrogen) atoms. The smallest absolute Gasteiger partial charge is 0.243 e. The average molecular weight is 417 g/mol. The number of aryl methyl sites for hydroxylation is 1. The summed E-state index contributed by atoms with van der Waals surface area (Å²) in [5, 5.41) is 2.94. The first-order valence-corrected chi connectivity index (χ1v) is 11.4. The zero-order chi connectivity index (χ0) is 20.9. The molecule has 0 spiro atoms. The first-order chi connectivity index (χ1) is 13.9. The summed E-state index contributed by atoms with van der Waals surface area (Å²) in [6.07, 6.45) is 1.35. The highest BCUT2D eigenvalue weighted by molar-refractivity contribution is 7.89. The van der Waals surface area contributed by atoms with Crippen LogP contribution in [0.25, 0.3) is 0 Å². The van der Waals surface area contributed by atoms with Crippen molar-refractivity contribution >= 4 is 15.9 Å². The second-order valence-corrected chi connectivity index (χ2v) is 9.25. The number of benzene rings is 2. The summed E-state index contributed by atoms with van der Waals surface area (Å²) >= 11 is 0. The summed E-state index contributed by atoms with van der Waals surface area (Å²) in [5.41, 5.74) is 1.96. The van der Waals surface area contributed by atoms with E-state index in [9.17, 15) is 13.2 Å². The Morgan fingerprint density at radius 2 is 1.97 bits per heavy atom. The normalized spacial score (nSPS) is 17.7. The molecule has 2 aromatic carbocycles. The maximum atomic E-state index is 12.9. The van der Waals surface area contributed by atoms with Crippen molar-refractivity contribution in [1.29, 1.82) is 0 Å². The van der Waals surface area contributed by atoms with Crippen molar-refractivity contribution in [2.24, 2.45) is 5.92 Å². The fourth-order valence-electron chi connectivity index (χ4n) is 3.48. The highest BCUT2D eigenvalue weighted by Crippen LogP contribution is 2.24. The Labute approximate surface area is 172 Å². The third-order valence-corrected chi connectivity index (χ3v) is 6.97. The van der Waals surface area contributed by atoms with Gasteiger partial charge in [0.15, 0.2) is 0 Å². The number of nitrogens with zero attached hydrogens (tertiary/aromatic N) is 1. The highest BCUT2D eigenvalue weighted by Gasteiger charge is 2.33. The highest BCUT2D eigenvalue weighted by atomic mass is 32.2. The number of carbonyl (C=O) groups is 1. The number of carbonyl (C=O) groups excluding carboxylic acids is 1. The third kappa shape index (κ3) is 5.36. The van der Waals surface area contributed by atoms with Gasteiger partial charge in [0.25, 0.3) is 0 Å². The van der Waals surface area contributed by atoms with Gasteiger partial charge < -0.3 is 10.1 Å². The van der Waals surface area contributed by atoms with E-state index < -0.39 is 10.0 Å². The molecule has 0 aromatic heterocycles. The molecule has 0 unspecified atom stereocenters. The molecule has 2 aromatic rings. The van der Waals surface area contributed by atoms with Gasteiger partial charge in [-0.05, 0) is 56.5 Å². The van der Waals surface area contributed by atoms with Crippen LogP contribution in [0.4, 0.5) is 0 Å². The predicted octanol–water partition coefficient (Wildman–Crippen LogP) is 3.11. The topological polar surface area (TPSA) is 75.7 Å². The molecule has 7 heteroatoms. The summed E-state index contributed by atoms with van der Waals surface area (Å²) in [4.78, 5) is 12.9. The second-order valence-electron chi connectivity index (χ2n) is 7.31. The summed E-state index contributed by atoms with van der Waals surface area (Å²) in [6, 6.07) is 14.4. The molecule has 1 N–H and O–H groups in total. The Balaban J connectivity index is 1.62. The fraction of sp³-hybridized carbons (Fsp3) is 0.409. The lowest BCUT2D eigenvalue weighted by molar-refractivity contribution is -0.126. The lowest BCUT2D eigenvalue weighted by Gasteiger charge is -2.31. The first-order valence-electron chi connectivity index (χ1n) is 9.96. The summed E-state index contributed by atoms with van der Waals surface area (Å²) in [5.74, 6) is 0.307. The number of nitrogens with one attached hydrogen (secondary N) is 1. The molecular formula is C22H28N2O4S. The second kappa shape index (κ2) is 9.41. The van der Waals surface area contributed by atoms with Crippen molar-refractivity contribution in [3.8, 4) is 5.75 Å². The van der Waals surface area contributed by atoms with Crippen molar-refractivity contribution in [2.75, 3.05) is 19.7 Å². The van der Waals surface area contributed by atoms with Crippen LogP contribution in [0, 0.1) is 12.8 Å². The molecule has 156 valence electrons. The van der Waals surface area contributed by atoms with Crippen LogP contribution in [0.15, 0.2) is 53.4 Å². The van der Waals surface area contributed by atoms with Crippen LogP contribution in [-0.2, 0) is 21.4 Å². The largest absolute Gasteiger partial charge is 0.494 e. The molecule has 6 nitrogen and oxygen atoms in total. The molecular weight excluding hydrogens is 388 g/mol. The lowest BCUT2D eigenvalue weighted by atomic mass is 9.99. The van der Waals surface area contributed by atoms with Gasteiger partial charge in [-0.15, -0.1) is 0 Å². The van der Waals surface area contributed by atoms with Crippen LogP contribution in [0.2, 0.25) is 0 Å². The Bertz CT molecular complexity index is 942. The van der Waals surface area contributed by atoms with Gasteiger partial charge in [0, 0.05) is 19.6 Å². The number of rotatable bonds is 7. The van der Waals surface area contributed by atoms with Gasteiger partial charge in [-0.2, -0.15) is 4.31 Å². The van der Waals surface area contributed by atoms with Crippen LogP contribution < -0.4 is 10.1 Å². The standard InChI is InChI=1S/C22H28N2O4S/c1-3-28-20-8-4-6-18(14-20)15-23-22(25)19-7-5-13-24(16-19)29(26,27)21-11-9-17(2)10-12-21/h4,6,8-12,14,19H,3,5,7,13,15-16H2,1-2H3,(H,23,25)/t19-/m1/s1. The zero-order valence-corrected chi connectivity index (χ0v) is 17.7. The first kappa shape index (κ1) is 21.3. The maximum absolute atomic E-state index is 12.9. The number of sulfonamides is 1. The minimum atomic E-state index is -3.59. The van der Waals surface area contributed by atoms with Gasteiger partial charge >= 0.3 is 0 Å². The minimum Gasteiger partial charge on any atom is -0.494 e. The Kier molecular flexibility index (Phi) is 6.92. The monoisotopic (exact) mass is 416 g/mol. The van der Waals surface area contributed by atoms with Crippen LogP contribution in [0.3, 0.4) is 0 Å². The average Bonchev–Trinajstić information content (AvgIpc) is 2.73. The quantitative estimate of drug-likeness (QED) is 0.753. The third-order valence-electron chi connectivity index (χ3n) is 5.09. The molecule has 1 aliphatic rings. The summed E-state index contributed by atoms with van der Waals surface area (Å²) in [7, 11) is -3.59. The number of ether oxygens (including phenoxy) is 1. The molecule has 1 fully saturated rings. The Morgan fingerprint density at radius 3 is 2.69 bits per heavy atom. The van der Waals surface area contributed by atoms with E-state index in [1.165, 1.54) is 4.31 Å². The van der Waals surface area contributed by atoms with E-state index in [4.69, 9.17) is 4.74 Å². The molecule has 1 aliphatic heterocycles. The number of amides is 1. The van der Waals surface area contributed by atoms with Crippen LogP contribution >= 0.6 is 0 Å². The molecule has 0 aliphatic carbocycles.